The van der Waals surface area contributed by atoms with Crippen molar-refractivity contribution in [2.24, 2.45) is 4.99 Å². The van der Waals surface area contributed by atoms with E-state index in [0.29, 0.717) is 23.0 Å². The standard InChI is InChI=1S/C19H16ClN5O2/c1-27-17(26)8-6-15-19-24-22-11-25(19)16-7-5-12(20)10-13(16)18(23-15)14-4-2-3-9-21-14/h2-5,7,9-11,15H,6,8H2,1H3/t15-/m0/s1. The Labute approximate surface area is 160 Å². The van der Waals surface area contributed by atoms with Crippen molar-refractivity contribution in [3.8, 4) is 5.69 Å². The van der Waals surface area contributed by atoms with Crippen LogP contribution >= 0.6 is 11.6 Å². The molecule has 0 spiro atoms. The van der Waals surface area contributed by atoms with Crippen LogP contribution < -0.4 is 0 Å². The zero-order chi connectivity index (χ0) is 18.8. The second-order valence-electron chi connectivity index (χ2n) is 6.04. The largest absolute Gasteiger partial charge is 0.469 e. The first-order valence-corrected chi connectivity index (χ1v) is 8.81. The van der Waals surface area contributed by atoms with Gasteiger partial charge in [-0.3, -0.25) is 19.3 Å². The average molecular weight is 382 g/mol. The highest BCUT2D eigenvalue weighted by atomic mass is 35.5. The lowest BCUT2D eigenvalue weighted by atomic mass is 10.0. The van der Waals surface area contributed by atoms with Gasteiger partial charge in [-0.05, 0) is 36.8 Å². The first-order valence-electron chi connectivity index (χ1n) is 8.43. The molecule has 7 nitrogen and oxygen atoms in total. The number of esters is 1. The highest BCUT2D eigenvalue weighted by Crippen LogP contribution is 2.32. The summed E-state index contributed by atoms with van der Waals surface area (Å²) in [5.41, 5.74) is 3.13. The molecule has 0 unspecified atom stereocenters. The molecule has 4 rings (SSSR count). The summed E-state index contributed by atoms with van der Waals surface area (Å²) >= 11 is 6.26. The maximum absolute atomic E-state index is 11.7. The van der Waals surface area contributed by atoms with E-state index in [9.17, 15) is 4.79 Å². The fourth-order valence-corrected chi connectivity index (χ4v) is 3.28. The number of methoxy groups -OCH3 is 1. The molecule has 1 aromatic carbocycles. The Morgan fingerprint density at radius 3 is 2.96 bits per heavy atom. The predicted molar refractivity (Wildman–Crippen MR) is 100 cm³/mol. The number of benzene rings is 1. The zero-order valence-electron chi connectivity index (χ0n) is 14.5. The average Bonchev–Trinajstić information content (AvgIpc) is 3.13. The molecule has 1 aliphatic heterocycles. The fraction of sp³-hybridized carbons (Fsp3) is 0.211. The second-order valence-corrected chi connectivity index (χ2v) is 6.48. The number of carbonyl (C=O) groups is 1. The van der Waals surface area contributed by atoms with Gasteiger partial charge in [-0.15, -0.1) is 10.2 Å². The van der Waals surface area contributed by atoms with Crippen molar-refractivity contribution in [3.05, 3.63) is 71.0 Å². The van der Waals surface area contributed by atoms with Crippen LogP contribution in [0.2, 0.25) is 5.02 Å². The van der Waals surface area contributed by atoms with Gasteiger partial charge in [-0.1, -0.05) is 17.7 Å². The number of hydrogen-bond donors (Lipinski definition) is 0. The van der Waals surface area contributed by atoms with Crippen LogP contribution in [-0.2, 0) is 9.53 Å². The number of pyridine rings is 1. The minimum atomic E-state index is -0.366. The molecule has 0 N–H and O–H groups in total. The predicted octanol–water partition coefficient (Wildman–Crippen LogP) is 3.16. The van der Waals surface area contributed by atoms with Crippen LogP contribution in [0.3, 0.4) is 0 Å². The van der Waals surface area contributed by atoms with E-state index in [1.54, 1.807) is 12.5 Å². The van der Waals surface area contributed by atoms with E-state index in [0.717, 1.165) is 16.9 Å². The van der Waals surface area contributed by atoms with E-state index in [1.807, 2.05) is 41.0 Å². The maximum atomic E-state index is 11.7. The van der Waals surface area contributed by atoms with Crippen molar-refractivity contribution in [2.45, 2.75) is 18.9 Å². The van der Waals surface area contributed by atoms with Crippen molar-refractivity contribution < 1.29 is 9.53 Å². The summed E-state index contributed by atoms with van der Waals surface area (Å²) in [5, 5.41) is 8.89. The third-order valence-corrected chi connectivity index (χ3v) is 4.62. The Hall–Kier alpha value is -3.06. The number of fused-ring (bicyclic) bond motifs is 3. The second kappa shape index (κ2) is 7.28. The lowest BCUT2D eigenvalue weighted by Crippen LogP contribution is -2.09. The third-order valence-electron chi connectivity index (χ3n) is 4.39. The monoisotopic (exact) mass is 381 g/mol. The highest BCUT2D eigenvalue weighted by molar-refractivity contribution is 6.31. The number of aromatic nitrogens is 4. The van der Waals surface area contributed by atoms with Gasteiger partial charge in [0.1, 0.15) is 12.4 Å². The molecule has 1 aliphatic rings. The molecule has 0 saturated carbocycles. The first-order chi connectivity index (χ1) is 13.2. The lowest BCUT2D eigenvalue weighted by molar-refractivity contribution is -0.140. The summed E-state index contributed by atoms with van der Waals surface area (Å²) in [6.07, 6.45) is 4.04. The van der Waals surface area contributed by atoms with Crippen LogP contribution in [0.4, 0.5) is 0 Å². The highest BCUT2D eigenvalue weighted by Gasteiger charge is 2.27. The zero-order valence-corrected chi connectivity index (χ0v) is 15.3. The minimum absolute atomic E-state index is 0.226. The summed E-state index contributed by atoms with van der Waals surface area (Å²) in [6, 6.07) is 10.9. The fourth-order valence-electron chi connectivity index (χ4n) is 3.11. The molecule has 0 radical (unpaired) electrons. The molecule has 0 amide bonds. The van der Waals surface area contributed by atoms with Gasteiger partial charge in [-0.2, -0.15) is 0 Å². The molecular formula is C19H16ClN5O2. The maximum Gasteiger partial charge on any atom is 0.305 e. The smallest absolute Gasteiger partial charge is 0.305 e. The summed E-state index contributed by atoms with van der Waals surface area (Å²) < 4.78 is 6.65. The van der Waals surface area contributed by atoms with E-state index in [2.05, 4.69) is 15.2 Å². The van der Waals surface area contributed by atoms with Crippen molar-refractivity contribution >= 4 is 23.3 Å². The van der Waals surface area contributed by atoms with Crippen molar-refractivity contribution in [1.82, 2.24) is 19.7 Å². The molecule has 0 bridgehead atoms. The lowest BCUT2D eigenvalue weighted by Gasteiger charge is -2.11. The van der Waals surface area contributed by atoms with Gasteiger partial charge in [0, 0.05) is 23.2 Å². The van der Waals surface area contributed by atoms with Gasteiger partial charge in [0.25, 0.3) is 0 Å². The molecule has 136 valence electrons. The van der Waals surface area contributed by atoms with E-state index >= 15 is 0 Å². The molecule has 27 heavy (non-hydrogen) atoms. The Balaban J connectivity index is 1.89. The molecule has 8 heteroatoms. The van der Waals surface area contributed by atoms with Crippen LogP contribution in [0.15, 0.2) is 53.9 Å². The van der Waals surface area contributed by atoms with Crippen LogP contribution in [0, 0.1) is 0 Å². The number of hydrogen-bond acceptors (Lipinski definition) is 6. The summed E-state index contributed by atoms with van der Waals surface area (Å²) in [7, 11) is 1.37. The van der Waals surface area contributed by atoms with Crippen molar-refractivity contribution in [1.29, 1.82) is 0 Å². The Bertz CT molecular complexity index is 1020. The van der Waals surface area contributed by atoms with Gasteiger partial charge in [-0.25, -0.2) is 0 Å². The topological polar surface area (TPSA) is 82.3 Å². The number of nitrogens with zero attached hydrogens (tertiary/aromatic N) is 5. The van der Waals surface area contributed by atoms with E-state index < -0.39 is 0 Å². The van der Waals surface area contributed by atoms with Gasteiger partial charge in [0.2, 0.25) is 0 Å². The molecule has 3 aromatic rings. The Kier molecular flexibility index (Phi) is 4.68. The van der Waals surface area contributed by atoms with Crippen LogP contribution in [0.5, 0.6) is 0 Å². The number of aliphatic imine (C=N–C) groups is 1. The van der Waals surface area contributed by atoms with Crippen molar-refractivity contribution in [2.75, 3.05) is 7.11 Å². The van der Waals surface area contributed by atoms with Crippen LogP contribution in [0.25, 0.3) is 5.69 Å². The van der Waals surface area contributed by atoms with Gasteiger partial charge < -0.3 is 4.74 Å². The summed E-state index contributed by atoms with van der Waals surface area (Å²) in [5.74, 6) is 0.369. The SMILES string of the molecule is COC(=O)CC[C@@H]1N=C(c2ccccn2)c2cc(Cl)ccc2-n2cnnc21. The van der Waals surface area contributed by atoms with Crippen LogP contribution in [0.1, 0.15) is 36.0 Å². The number of carbonyl (C=O) groups excluding carboxylic acids is 1. The minimum Gasteiger partial charge on any atom is -0.469 e. The molecule has 0 fully saturated rings. The van der Waals surface area contributed by atoms with Gasteiger partial charge >= 0.3 is 5.97 Å². The normalized spacial score (nSPS) is 15.3. The first kappa shape index (κ1) is 17.4. The summed E-state index contributed by atoms with van der Waals surface area (Å²) in [6.45, 7) is 0. The quantitative estimate of drug-likeness (QED) is 0.648. The molecule has 2 aromatic heterocycles. The molecule has 1 atom stereocenters. The third kappa shape index (κ3) is 3.33. The molecule has 0 aliphatic carbocycles. The number of rotatable bonds is 4. The molecule has 3 heterocycles. The van der Waals surface area contributed by atoms with E-state index in [4.69, 9.17) is 21.3 Å². The van der Waals surface area contributed by atoms with Gasteiger partial charge in [0.15, 0.2) is 5.82 Å². The number of ether oxygens (including phenoxy) is 1. The van der Waals surface area contributed by atoms with E-state index in [-0.39, 0.29) is 18.4 Å². The Morgan fingerprint density at radius 2 is 2.19 bits per heavy atom. The van der Waals surface area contributed by atoms with Crippen molar-refractivity contribution in [3.63, 3.8) is 0 Å². The van der Waals surface area contributed by atoms with Crippen LogP contribution in [-0.4, -0.2) is 38.5 Å². The van der Waals surface area contributed by atoms with E-state index in [1.165, 1.54) is 7.11 Å². The summed E-state index contributed by atoms with van der Waals surface area (Å²) in [4.78, 5) is 21.0. The number of halogens is 1. The van der Waals surface area contributed by atoms with Gasteiger partial charge in [0.05, 0.1) is 24.2 Å². The Morgan fingerprint density at radius 1 is 1.30 bits per heavy atom. The molecular weight excluding hydrogens is 366 g/mol. The molecule has 0 saturated heterocycles.